The summed E-state index contributed by atoms with van der Waals surface area (Å²) in [5, 5.41) is 17.1. The van der Waals surface area contributed by atoms with Crippen LogP contribution in [-0.4, -0.2) is 19.5 Å². The van der Waals surface area contributed by atoms with E-state index in [1.807, 2.05) is 0 Å². The highest BCUT2D eigenvalue weighted by atomic mass is 32.2. The first kappa shape index (κ1) is 15.0. The fraction of sp³-hybridized carbons (Fsp3) is 0.0714. The largest absolute Gasteiger partial charge is 0.478 e. The molecule has 0 radical (unpaired) electrons. The third-order valence-corrected chi connectivity index (χ3v) is 3.91. The Morgan fingerprint density at radius 1 is 1.19 bits per heavy atom. The molecule has 0 saturated carbocycles. The number of aromatic carboxylic acids is 1. The quantitative estimate of drug-likeness (QED) is 0.801. The van der Waals surface area contributed by atoms with Crippen molar-refractivity contribution in [3.63, 3.8) is 0 Å². The Labute approximate surface area is 122 Å². The van der Waals surface area contributed by atoms with E-state index in [4.69, 9.17) is 10.2 Å². The van der Waals surface area contributed by atoms with Crippen LogP contribution >= 0.6 is 0 Å². The van der Waals surface area contributed by atoms with E-state index in [2.05, 4.69) is 5.32 Å². The molecule has 2 rings (SSSR count). The molecule has 0 heterocycles. The van der Waals surface area contributed by atoms with Crippen molar-refractivity contribution >= 4 is 27.4 Å². The molecule has 0 spiro atoms. The normalized spacial score (nSPS) is 11.1. The fourth-order valence-electron chi connectivity index (χ4n) is 1.90. The number of rotatable bonds is 4. The van der Waals surface area contributed by atoms with Crippen LogP contribution in [0.5, 0.6) is 0 Å². The highest BCUT2D eigenvalue weighted by Crippen LogP contribution is 2.25. The van der Waals surface area contributed by atoms with Crippen LogP contribution in [0.25, 0.3) is 0 Å². The second-order valence-corrected chi connectivity index (χ2v) is 6.03. The van der Waals surface area contributed by atoms with Gasteiger partial charge in [-0.1, -0.05) is 18.2 Å². The average molecular weight is 306 g/mol. The Kier molecular flexibility index (Phi) is 3.97. The van der Waals surface area contributed by atoms with Gasteiger partial charge >= 0.3 is 5.97 Å². The Morgan fingerprint density at radius 3 is 2.48 bits per heavy atom. The minimum absolute atomic E-state index is 0.0533. The van der Waals surface area contributed by atoms with Crippen LogP contribution in [0.1, 0.15) is 15.9 Å². The van der Waals surface area contributed by atoms with E-state index in [0.29, 0.717) is 16.9 Å². The van der Waals surface area contributed by atoms with E-state index in [1.54, 1.807) is 37.3 Å². The van der Waals surface area contributed by atoms with Crippen molar-refractivity contribution in [2.45, 2.75) is 11.8 Å². The van der Waals surface area contributed by atoms with Crippen molar-refractivity contribution in [2.75, 3.05) is 5.32 Å². The molecule has 2 aromatic rings. The van der Waals surface area contributed by atoms with Crippen molar-refractivity contribution in [3.05, 3.63) is 53.6 Å². The number of carboxylic acids is 1. The second kappa shape index (κ2) is 5.55. The first-order chi connectivity index (χ1) is 9.79. The molecule has 0 amide bonds. The molecule has 0 atom stereocenters. The molecule has 0 aliphatic heterocycles. The summed E-state index contributed by atoms with van der Waals surface area (Å²) in [6.45, 7) is 1.69. The van der Waals surface area contributed by atoms with Gasteiger partial charge in [0.15, 0.2) is 0 Å². The molecule has 7 heteroatoms. The summed E-state index contributed by atoms with van der Waals surface area (Å²) in [4.78, 5) is 11.1. The SMILES string of the molecule is Cc1ccc(Nc2ccccc2S(N)(=O)=O)cc1C(=O)O. The van der Waals surface area contributed by atoms with Crippen molar-refractivity contribution in [3.8, 4) is 0 Å². The van der Waals surface area contributed by atoms with Gasteiger partial charge in [0.2, 0.25) is 10.0 Å². The first-order valence-electron chi connectivity index (χ1n) is 6.02. The van der Waals surface area contributed by atoms with Gasteiger partial charge in [-0.25, -0.2) is 18.4 Å². The van der Waals surface area contributed by atoms with Crippen molar-refractivity contribution in [1.82, 2.24) is 0 Å². The highest BCUT2D eigenvalue weighted by molar-refractivity contribution is 7.89. The van der Waals surface area contributed by atoms with Gasteiger partial charge in [-0.2, -0.15) is 0 Å². The second-order valence-electron chi connectivity index (χ2n) is 4.50. The maximum Gasteiger partial charge on any atom is 0.336 e. The molecule has 4 N–H and O–H groups in total. The maximum atomic E-state index is 11.5. The number of carboxylic acid groups (broad SMARTS) is 1. The Morgan fingerprint density at radius 2 is 1.86 bits per heavy atom. The molecule has 0 aliphatic rings. The number of hydrogen-bond donors (Lipinski definition) is 3. The monoisotopic (exact) mass is 306 g/mol. The van der Waals surface area contributed by atoms with Crippen LogP contribution in [0.15, 0.2) is 47.4 Å². The molecule has 0 aliphatic carbocycles. The Bertz CT molecular complexity index is 800. The van der Waals surface area contributed by atoms with Crippen molar-refractivity contribution in [2.24, 2.45) is 5.14 Å². The van der Waals surface area contributed by atoms with Crippen LogP contribution in [-0.2, 0) is 10.0 Å². The van der Waals surface area contributed by atoms with Crippen LogP contribution < -0.4 is 10.5 Å². The summed E-state index contributed by atoms with van der Waals surface area (Å²) in [5.41, 5.74) is 1.52. The number of nitrogens with one attached hydrogen (secondary N) is 1. The van der Waals surface area contributed by atoms with Crippen LogP contribution in [0.3, 0.4) is 0 Å². The van der Waals surface area contributed by atoms with Gasteiger partial charge in [0.1, 0.15) is 4.90 Å². The van der Waals surface area contributed by atoms with Gasteiger partial charge < -0.3 is 10.4 Å². The van der Waals surface area contributed by atoms with E-state index in [9.17, 15) is 13.2 Å². The van der Waals surface area contributed by atoms with Gasteiger partial charge in [0.05, 0.1) is 11.3 Å². The van der Waals surface area contributed by atoms with E-state index in [1.165, 1.54) is 12.1 Å². The summed E-state index contributed by atoms with van der Waals surface area (Å²) in [7, 11) is -3.87. The van der Waals surface area contributed by atoms with Crippen LogP contribution in [0.2, 0.25) is 0 Å². The number of primary sulfonamides is 1. The lowest BCUT2D eigenvalue weighted by Gasteiger charge is -2.12. The molecule has 2 aromatic carbocycles. The minimum Gasteiger partial charge on any atom is -0.478 e. The van der Waals surface area contributed by atoms with E-state index < -0.39 is 16.0 Å². The van der Waals surface area contributed by atoms with E-state index >= 15 is 0 Å². The predicted molar refractivity (Wildman–Crippen MR) is 79.2 cm³/mol. The predicted octanol–water partition coefficient (Wildman–Crippen LogP) is 2.08. The third kappa shape index (κ3) is 3.39. The summed E-state index contributed by atoms with van der Waals surface area (Å²) in [6, 6.07) is 10.9. The fourth-order valence-corrected chi connectivity index (χ4v) is 2.60. The standard InChI is InChI=1S/C14H14N2O4S/c1-9-6-7-10(8-11(9)14(17)18)16-12-4-2-3-5-13(12)21(15,19)20/h2-8,16H,1H3,(H,17,18)(H2,15,19,20). The van der Waals surface area contributed by atoms with Crippen LogP contribution in [0, 0.1) is 6.92 Å². The van der Waals surface area contributed by atoms with Gasteiger partial charge in [-0.3, -0.25) is 0 Å². The minimum atomic E-state index is -3.87. The van der Waals surface area contributed by atoms with Gasteiger partial charge in [0, 0.05) is 5.69 Å². The third-order valence-electron chi connectivity index (χ3n) is 2.94. The maximum absolute atomic E-state index is 11.5. The van der Waals surface area contributed by atoms with E-state index in [0.717, 1.165) is 0 Å². The number of para-hydroxylation sites is 1. The lowest BCUT2D eigenvalue weighted by atomic mass is 10.1. The molecule has 0 aromatic heterocycles. The number of hydrogen-bond acceptors (Lipinski definition) is 4. The number of nitrogens with two attached hydrogens (primary N) is 1. The van der Waals surface area contributed by atoms with Crippen molar-refractivity contribution in [1.29, 1.82) is 0 Å². The number of sulfonamides is 1. The van der Waals surface area contributed by atoms with E-state index in [-0.39, 0.29) is 10.5 Å². The molecule has 0 bridgehead atoms. The number of carbonyl (C=O) groups is 1. The topological polar surface area (TPSA) is 109 Å². The smallest absolute Gasteiger partial charge is 0.336 e. The van der Waals surface area contributed by atoms with Gasteiger partial charge in [-0.15, -0.1) is 0 Å². The zero-order valence-electron chi connectivity index (χ0n) is 11.2. The zero-order chi connectivity index (χ0) is 15.6. The molecule has 110 valence electrons. The molecule has 21 heavy (non-hydrogen) atoms. The van der Waals surface area contributed by atoms with Crippen molar-refractivity contribution < 1.29 is 18.3 Å². The summed E-state index contributed by atoms with van der Waals surface area (Å²) in [6.07, 6.45) is 0. The lowest BCUT2D eigenvalue weighted by Crippen LogP contribution is -2.14. The summed E-state index contributed by atoms with van der Waals surface area (Å²) in [5.74, 6) is -1.05. The summed E-state index contributed by atoms with van der Waals surface area (Å²) >= 11 is 0. The lowest BCUT2D eigenvalue weighted by molar-refractivity contribution is 0.0696. The highest BCUT2D eigenvalue weighted by Gasteiger charge is 2.14. The number of aryl methyl sites for hydroxylation is 1. The molecular formula is C14H14N2O4S. The Balaban J connectivity index is 2.45. The molecular weight excluding hydrogens is 292 g/mol. The molecule has 6 nitrogen and oxygen atoms in total. The van der Waals surface area contributed by atoms with Gasteiger partial charge in [0.25, 0.3) is 0 Å². The van der Waals surface area contributed by atoms with Crippen LogP contribution in [0.4, 0.5) is 11.4 Å². The Hall–Kier alpha value is -2.38. The molecule has 0 saturated heterocycles. The first-order valence-corrected chi connectivity index (χ1v) is 7.56. The number of benzene rings is 2. The number of anilines is 2. The average Bonchev–Trinajstić information content (AvgIpc) is 2.40. The molecule has 0 unspecified atom stereocenters. The zero-order valence-corrected chi connectivity index (χ0v) is 12.0. The molecule has 0 fully saturated rings. The van der Waals surface area contributed by atoms with Gasteiger partial charge in [-0.05, 0) is 36.8 Å². The summed E-state index contributed by atoms with van der Waals surface area (Å²) < 4.78 is 23.0.